The molecule has 0 bridgehead atoms. The minimum Gasteiger partial charge on any atom is -0.371 e. The SMILES string of the molecule is SN1CNc2ccccc2C1. The van der Waals surface area contributed by atoms with Crippen LogP contribution in [0.1, 0.15) is 5.56 Å². The van der Waals surface area contributed by atoms with Crippen LogP contribution in [0.5, 0.6) is 0 Å². The summed E-state index contributed by atoms with van der Waals surface area (Å²) in [5.41, 5.74) is 2.55. The van der Waals surface area contributed by atoms with Crippen molar-refractivity contribution >= 4 is 18.5 Å². The van der Waals surface area contributed by atoms with Gasteiger partial charge in [0.05, 0.1) is 6.67 Å². The molecule has 2 nitrogen and oxygen atoms in total. The first-order valence-corrected chi connectivity index (χ1v) is 4.02. The summed E-state index contributed by atoms with van der Waals surface area (Å²) in [6.45, 7) is 1.74. The Bertz CT molecular complexity index is 262. The molecule has 0 aliphatic carbocycles. The van der Waals surface area contributed by atoms with E-state index in [1.165, 1.54) is 11.3 Å². The molecule has 1 aliphatic rings. The molecule has 1 aromatic rings. The number of thiol groups is 1. The lowest BCUT2D eigenvalue weighted by Crippen LogP contribution is -2.25. The zero-order valence-electron chi connectivity index (χ0n) is 6.12. The molecule has 11 heavy (non-hydrogen) atoms. The maximum absolute atomic E-state index is 4.26. The van der Waals surface area contributed by atoms with Gasteiger partial charge in [-0.3, -0.25) is 0 Å². The Morgan fingerprint density at radius 1 is 1.36 bits per heavy atom. The first-order valence-electron chi connectivity index (χ1n) is 3.62. The van der Waals surface area contributed by atoms with Gasteiger partial charge in [0, 0.05) is 12.2 Å². The van der Waals surface area contributed by atoms with Gasteiger partial charge in [0.15, 0.2) is 0 Å². The van der Waals surface area contributed by atoms with Crippen LogP contribution in [0, 0.1) is 0 Å². The van der Waals surface area contributed by atoms with Crippen molar-refractivity contribution in [3.63, 3.8) is 0 Å². The zero-order chi connectivity index (χ0) is 7.68. The van der Waals surface area contributed by atoms with Gasteiger partial charge in [-0.05, 0) is 11.6 Å². The highest BCUT2D eigenvalue weighted by molar-refractivity contribution is 7.77. The fourth-order valence-electron chi connectivity index (χ4n) is 1.26. The van der Waals surface area contributed by atoms with Crippen LogP contribution in [0.4, 0.5) is 5.69 Å². The Balaban J connectivity index is 2.34. The van der Waals surface area contributed by atoms with Crippen molar-refractivity contribution in [1.29, 1.82) is 0 Å². The monoisotopic (exact) mass is 166 g/mol. The van der Waals surface area contributed by atoms with Gasteiger partial charge in [-0.25, -0.2) is 4.31 Å². The molecule has 0 aromatic heterocycles. The Labute approximate surface area is 71.8 Å². The van der Waals surface area contributed by atoms with Crippen molar-refractivity contribution < 1.29 is 0 Å². The summed E-state index contributed by atoms with van der Waals surface area (Å²) >= 11 is 4.26. The predicted molar refractivity (Wildman–Crippen MR) is 49.5 cm³/mol. The van der Waals surface area contributed by atoms with E-state index >= 15 is 0 Å². The molecule has 0 unspecified atom stereocenters. The Morgan fingerprint density at radius 3 is 3.09 bits per heavy atom. The van der Waals surface area contributed by atoms with E-state index in [1.54, 1.807) is 0 Å². The minimum absolute atomic E-state index is 0.820. The van der Waals surface area contributed by atoms with Crippen molar-refractivity contribution in [2.24, 2.45) is 0 Å². The largest absolute Gasteiger partial charge is 0.371 e. The van der Waals surface area contributed by atoms with E-state index in [-0.39, 0.29) is 0 Å². The van der Waals surface area contributed by atoms with Gasteiger partial charge >= 0.3 is 0 Å². The van der Waals surface area contributed by atoms with Crippen LogP contribution in [-0.4, -0.2) is 11.0 Å². The van der Waals surface area contributed by atoms with Gasteiger partial charge in [-0.2, -0.15) is 0 Å². The number of hydrogen-bond donors (Lipinski definition) is 2. The summed E-state index contributed by atoms with van der Waals surface area (Å²) in [6.07, 6.45) is 0. The summed E-state index contributed by atoms with van der Waals surface area (Å²) < 4.78 is 1.95. The van der Waals surface area contributed by atoms with E-state index in [2.05, 4.69) is 30.3 Å². The van der Waals surface area contributed by atoms with E-state index in [0.717, 1.165) is 13.2 Å². The minimum atomic E-state index is 0.820. The molecular formula is C8H10N2S. The topological polar surface area (TPSA) is 15.3 Å². The molecule has 1 aliphatic heterocycles. The molecule has 0 saturated carbocycles. The fraction of sp³-hybridized carbons (Fsp3) is 0.250. The molecular weight excluding hydrogens is 156 g/mol. The predicted octanol–water partition coefficient (Wildman–Crippen LogP) is 1.72. The van der Waals surface area contributed by atoms with Crippen LogP contribution in [0.3, 0.4) is 0 Å². The van der Waals surface area contributed by atoms with Crippen molar-refractivity contribution in [3.8, 4) is 0 Å². The number of para-hydroxylation sites is 1. The highest BCUT2D eigenvalue weighted by Gasteiger charge is 2.10. The third kappa shape index (κ3) is 1.34. The lowest BCUT2D eigenvalue weighted by Gasteiger charge is -2.24. The van der Waals surface area contributed by atoms with E-state index in [4.69, 9.17) is 0 Å². The lowest BCUT2D eigenvalue weighted by atomic mass is 10.1. The molecule has 0 amide bonds. The van der Waals surface area contributed by atoms with Crippen LogP contribution < -0.4 is 5.32 Å². The number of nitrogens with zero attached hydrogens (tertiary/aromatic N) is 1. The number of rotatable bonds is 0. The van der Waals surface area contributed by atoms with Gasteiger partial charge in [0.1, 0.15) is 0 Å². The lowest BCUT2D eigenvalue weighted by molar-refractivity contribution is 0.490. The highest BCUT2D eigenvalue weighted by atomic mass is 32.1. The van der Waals surface area contributed by atoms with Crippen LogP contribution in [0.15, 0.2) is 24.3 Å². The highest BCUT2D eigenvalue weighted by Crippen LogP contribution is 2.21. The molecule has 0 atom stereocenters. The van der Waals surface area contributed by atoms with E-state index in [1.807, 2.05) is 16.4 Å². The molecule has 0 saturated heterocycles. The van der Waals surface area contributed by atoms with Gasteiger partial charge < -0.3 is 5.32 Å². The number of fused-ring (bicyclic) bond motifs is 1. The molecule has 2 rings (SSSR count). The number of benzene rings is 1. The second-order valence-electron chi connectivity index (χ2n) is 2.66. The fourth-order valence-corrected chi connectivity index (χ4v) is 1.48. The van der Waals surface area contributed by atoms with Gasteiger partial charge in [-0.1, -0.05) is 31.0 Å². The molecule has 58 valence electrons. The summed E-state index contributed by atoms with van der Waals surface area (Å²) in [6, 6.07) is 8.30. The molecule has 1 aromatic carbocycles. The third-order valence-electron chi connectivity index (χ3n) is 1.82. The second kappa shape index (κ2) is 2.75. The van der Waals surface area contributed by atoms with Crippen molar-refractivity contribution in [2.45, 2.75) is 6.54 Å². The van der Waals surface area contributed by atoms with Crippen LogP contribution in [0.2, 0.25) is 0 Å². The van der Waals surface area contributed by atoms with Gasteiger partial charge in [0.25, 0.3) is 0 Å². The Morgan fingerprint density at radius 2 is 2.18 bits per heavy atom. The number of hydrogen-bond acceptors (Lipinski definition) is 3. The molecule has 0 spiro atoms. The van der Waals surface area contributed by atoms with Crippen molar-refractivity contribution in [1.82, 2.24) is 4.31 Å². The molecule has 0 fully saturated rings. The van der Waals surface area contributed by atoms with Crippen LogP contribution in [-0.2, 0) is 6.54 Å². The summed E-state index contributed by atoms with van der Waals surface area (Å²) in [7, 11) is 0. The van der Waals surface area contributed by atoms with Crippen LogP contribution in [0.25, 0.3) is 0 Å². The molecule has 0 radical (unpaired) electrons. The van der Waals surface area contributed by atoms with Crippen molar-refractivity contribution in [2.75, 3.05) is 12.0 Å². The molecule has 3 heteroatoms. The molecule has 1 N–H and O–H groups in total. The standard InChI is InChI=1S/C8H10N2S/c11-10-5-7-3-1-2-4-8(7)9-6-10/h1-4,9,11H,5-6H2. The maximum Gasteiger partial charge on any atom is 0.0776 e. The summed E-state index contributed by atoms with van der Waals surface area (Å²) in [4.78, 5) is 0. The number of nitrogens with one attached hydrogen (secondary N) is 1. The average molecular weight is 166 g/mol. The quantitative estimate of drug-likeness (QED) is 0.570. The normalized spacial score (nSPS) is 17.2. The summed E-state index contributed by atoms with van der Waals surface area (Å²) in [5.74, 6) is 0. The van der Waals surface area contributed by atoms with E-state index < -0.39 is 0 Å². The second-order valence-corrected chi connectivity index (χ2v) is 3.22. The Kier molecular flexibility index (Phi) is 1.75. The van der Waals surface area contributed by atoms with E-state index in [0.29, 0.717) is 0 Å². The van der Waals surface area contributed by atoms with Gasteiger partial charge in [-0.15, -0.1) is 0 Å². The van der Waals surface area contributed by atoms with Crippen LogP contribution >= 0.6 is 12.8 Å². The maximum atomic E-state index is 4.26. The third-order valence-corrected chi connectivity index (χ3v) is 2.11. The molecule has 1 heterocycles. The van der Waals surface area contributed by atoms with Gasteiger partial charge in [0.2, 0.25) is 0 Å². The summed E-state index contributed by atoms with van der Waals surface area (Å²) in [5, 5.41) is 3.26. The average Bonchev–Trinajstić information content (AvgIpc) is 2.04. The first-order chi connectivity index (χ1) is 5.36. The zero-order valence-corrected chi connectivity index (χ0v) is 7.01. The first kappa shape index (κ1) is 7.00. The Hall–Kier alpha value is -0.670. The van der Waals surface area contributed by atoms with Crippen molar-refractivity contribution in [3.05, 3.63) is 29.8 Å². The smallest absolute Gasteiger partial charge is 0.0776 e. The van der Waals surface area contributed by atoms with E-state index in [9.17, 15) is 0 Å². The number of anilines is 1.